The fourth-order valence-corrected chi connectivity index (χ4v) is 5.84. The highest BCUT2D eigenvalue weighted by Gasteiger charge is 2.39. The van der Waals surface area contributed by atoms with E-state index in [1.807, 2.05) is 68.4 Å². The van der Waals surface area contributed by atoms with Crippen LogP contribution >= 0.6 is 0 Å². The van der Waals surface area contributed by atoms with Crippen LogP contribution in [0.4, 0.5) is 0 Å². The number of carbonyl (C=O) groups excluding carboxylic acids is 3. The third-order valence-electron chi connectivity index (χ3n) is 7.92. The van der Waals surface area contributed by atoms with Crippen molar-refractivity contribution < 1.29 is 34.2 Å². The lowest BCUT2D eigenvalue weighted by Gasteiger charge is -2.36. The quantitative estimate of drug-likeness (QED) is 0.186. The Kier molecular flexibility index (Phi) is 8.66. The average Bonchev–Trinajstić information content (AvgIpc) is 3.36. The Morgan fingerprint density at radius 3 is 2.27 bits per heavy atom. The number of aromatic amines is 1. The third kappa shape index (κ3) is 6.26. The van der Waals surface area contributed by atoms with Gasteiger partial charge in [0, 0.05) is 28.6 Å². The topological polar surface area (TPSA) is 169 Å². The Balaban J connectivity index is 1.49. The van der Waals surface area contributed by atoms with Gasteiger partial charge in [-0.2, -0.15) is 0 Å². The van der Waals surface area contributed by atoms with Crippen LogP contribution < -0.4 is 10.6 Å². The van der Waals surface area contributed by atoms with Gasteiger partial charge in [-0.3, -0.25) is 19.2 Å². The molecule has 1 aromatic heterocycles. The molecular formula is C33H34N4O7. The normalized spacial score (nSPS) is 15.9. The number of carboxylic acids is 2. The van der Waals surface area contributed by atoms with Gasteiger partial charge in [0.25, 0.3) is 5.91 Å². The van der Waals surface area contributed by atoms with Gasteiger partial charge in [-0.05, 0) is 40.8 Å². The summed E-state index contributed by atoms with van der Waals surface area (Å²) >= 11 is 0. The Hall–Kier alpha value is -5.19. The van der Waals surface area contributed by atoms with Gasteiger partial charge in [-0.25, -0.2) is 4.79 Å². The molecule has 11 nitrogen and oxygen atoms in total. The van der Waals surface area contributed by atoms with E-state index in [1.54, 1.807) is 12.1 Å². The van der Waals surface area contributed by atoms with Crippen LogP contribution in [0.3, 0.4) is 0 Å². The first-order chi connectivity index (χ1) is 21.0. The number of carboxylic acid groups (broad SMARTS) is 2. The molecule has 0 fully saturated rings. The average molecular weight is 599 g/mol. The number of amides is 3. The number of hydrogen-bond donors (Lipinski definition) is 5. The molecule has 0 spiro atoms. The molecule has 5 N–H and O–H groups in total. The van der Waals surface area contributed by atoms with E-state index < -0.39 is 48.3 Å². The summed E-state index contributed by atoms with van der Waals surface area (Å²) in [6, 6.07) is 16.8. The molecular weight excluding hydrogens is 564 g/mol. The molecule has 3 aromatic carbocycles. The largest absolute Gasteiger partial charge is 0.481 e. The number of carbonyl (C=O) groups is 5. The van der Waals surface area contributed by atoms with Crippen LogP contribution in [-0.4, -0.2) is 67.9 Å². The van der Waals surface area contributed by atoms with Crippen molar-refractivity contribution in [1.82, 2.24) is 20.5 Å². The number of benzene rings is 3. The van der Waals surface area contributed by atoms with Gasteiger partial charge in [0.2, 0.25) is 11.8 Å². The lowest BCUT2D eigenvalue weighted by molar-refractivity contribution is -0.147. The van der Waals surface area contributed by atoms with Crippen molar-refractivity contribution in [2.75, 3.05) is 0 Å². The Bertz CT molecular complexity index is 1760. The predicted octanol–water partition coefficient (Wildman–Crippen LogP) is 3.46. The summed E-state index contributed by atoms with van der Waals surface area (Å²) in [5, 5.41) is 26.1. The highest BCUT2D eigenvalue weighted by atomic mass is 16.4. The standard InChI is InChI=1S/C33H34N4O7/c1-18(2)14-25(30(40)36-26(33(43)44)16-29(38)39)35-31(41)28-15-23-21-11-5-6-13-24(21)34-27(23)17-37(28)32(42)22-12-7-9-19-8-3-4-10-20(19)22/h3-13,18,25-26,28,34H,14-17H2,1-2H3,(H,35,41)(H,36,40)(H,38,39)(H,43,44)/t25-,26-,28+/m0/s1. The van der Waals surface area contributed by atoms with Crippen LogP contribution in [0.15, 0.2) is 66.7 Å². The summed E-state index contributed by atoms with van der Waals surface area (Å²) in [6.07, 6.45) is -0.462. The number of fused-ring (bicyclic) bond motifs is 4. The number of H-pyrrole nitrogens is 1. The fourth-order valence-electron chi connectivity index (χ4n) is 5.84. The molecule has 3 atom stereocenters. The van der Waals surface area contributed by atoms with Crippen molar-refractivity contribution in [1.29, 1.82) is 0 Å². The minimum Gasteiger partial charge on any atom is -0.481 e. The van der Waals surface area contributed by atoms with Crippen molar-refractivity contribution in [2.45, 2.75) is 57.8 Å². The number of aliphatic carboxylic acids is 2. The molecule has 11 heteroatoms. The van der Waals surface area contributed by atoms with E-state index in [0.717, 1.165) is 32.9 Å². The van der Waals surface area contributed by atoms with Gasteiger partial charge < -0.3 is 30.7 Å². The van der Waals surface area contributed by atoms with Gasteiger partial charge in [0.15, 0.2) is 0 Å². The fraction of sp³-hybridized carbons (Fsp3) is 0.303. The summed E-state index contributed by atoms with van der Waals surface area (Å²) in [5.41, 5.74) is 3.04. The van der Waals surface area contributed by atoms with Crippen molar-refractivity contribution in [3.05, 3.63) is 83.6 Å². The van der Waals surface area contributed by atoms with Crippen LogP contribution in [0, 0.1) is 5.92 Å². The van der Waals surface area contributed by atoms with Gasteiger partial charge in [0.05, 0.1) is 13.0 Å². The first-order valence-electron chi connectivity index (χ1n) is 14.5. The first kappa shape index (κ1) is 30.3. The van der Waals surface area contributed by atoms with Gasteiger partial charge >= 0.3 is 11.9 Å². The molecule has 0 radical (unpaired) electrons. The lowest BCUT2D eigenvalue weighted by Crippen LogP contribution is -2.58. The number of nitrogens with zero attached hydrogens (tertiary/aromatic N) is 1. The maximum atomic E-state index is 14.2. The zero-order valence-electron chi connectivity index (χ0n) is 24.4. The smallest absolute Gasteiger partial charge is 0.326 e. The molecule has 0 aliphatic carbocycles. The van der Waals surface area contributed by atoms with E-state index in [1.165, 1.54) is 4.90 Å². The molecule has 3 amide bonds. The molecule has 228 valence electrons. The third-order valence-corrected chi connectivity index (χ3v) is 7.92. The zero-order chi connectivity index (χ0) is 31.5. The van der Waals surface area contributed by atoms with E-state index in [2.05, 4.69) is 15.6 Å². The van der Waals surface area contributed by atoms with Crippen LogP contribution in [0.1, 0.15) is 48.3 Å². The number of hydrogen-bond acceptors (Lipinski definition) is 5. The molecule has 2 heterocycles. The van der Waals surface area contributed by atoms with Gasteiger partial charge in [0.1, 0.15) is 18.1 Å². The molecule has 5 rings (SSSR count). The second-order valence-corrected chi connectivity index (χ2v) is 11.5. The van der Waals surface area contributed by atoms with Crippen LogP contribution in [0.25, 0.3) is 21.7 Å². The summed E-state index contributed by atoms with van der Waals surface area (Å²) in [7, 11) is 0. The second kappa shape index (κ2) is 12.6. The summed E-state index contributed by atoms with van der Waals surface area (Å²) in [6.45, 7) is 3.81. The molecule has 0 saturated heterocycles. The molecule has 0 saturated carbocycles. The number of aromatic nitrogens is 1. The van der Waals surface area contributed by atoms with Crippen molar-refractivity contribution >= 4 is 51.3 Å². The second-order valence-electron chi connectivity index (χ2n) is 11.5. The summed E-state index contributed by atoms with van der Waals surface area (Å²) in [5.74, 6) is -4.68. The molecule has 0 unspecified atom stereocenters. The Morgan fingerprint density at radius 2 is 1.57 bits per heavy atom. The van der Waals surface area contributed by atoms with Gasteiger partial charge in [-0.1, -0.05) is 68.4 Å². The van der Waals surface area contributed by atoms with Crippen LogP contribution in [0.2, 0.25) is 0 Å². The summed E-state index contributed by atoms with van der Waals surface area (Å²) < 4.78 is 0. The maximum Gasteiger partial charge on any atom is 0.326 e. The van der Waals surface area contributed by atoms with E-state index in [-0.39, 0.29) is 31.2 Å². The van der Waals surface area contributed by atoms with E-state index in [0.29, 0.717) is 5.56 Å². The summed E-state index contributed by atoms with van der Waals surface area (Å²) in [4.78, 5) is 69.2. The SMILES string of the molecule is CC(C)C[C@H](NC(=O)[C@H]1Cc2c([nH]c3ccccc23)CN1C(=O)c1cccc2ccccc12)C(=O)N[C@@H](CC(=O)O)C(=O)O. The molecule has 1 aliphatic rings. The number of nitrogens with one attached hydrogen (secondary N) is 3. The van der Waals surface area contributed by atoms with E-state index >= 15 is 0 Å². The van der Waals surface area contributed by atoms with Crippen molar-refractivity contribution in [3.8, 4) is 0 Å². The first-order valence-corrected chi connectivity index (χ1v) is 14.5. The van der Waals surface area contributed by atoms with E-state index in [4.69, 9.17) is 5.11 Å². The van der Waals surface area contributed by atoms with Crippen LogP contribution in [0.5, 0.6) is 0 Å². The van der Waals surface area contributed by atoms with Crippen molar-refractivity contribution in [3.63, 3.8) is 0 Å². The number of rotatable bonds is 10. The number of para-hydroxylation sites is 1. The van der Waals surface area contributed by atoms with Crippen LogP contribution in [-0.2, 0) is 32.1 Å². The van der Waals surface area contributed by atoms with E-state index in [9.17, 15) is 29.1 Å². The molecule has 4 aromatic rings. The minimum atomic E-state index is -1.67. The monoisotopic (exact) mass is 598 g/mol. The highest BCUT2D eigenvalue weighted by molar-refractivity contribution is 6.08. The molecule has 1 aliphatic heterocycles. The minimum absolute atomic E-state index is 0.0752. The van der Waals surface area contributed by atoms with Gasteiger partial charge in [-0.15, -0.1) is 0 Å². The lowest BCUT2D eigenvalue weighted by atomic mass is 9.93. The zero-order valence-corrected chi connectivity index (χ0v) is 24.4. The predicted molar refractivity (Wildman–Crippen MR) is 163 cm³/mol. The molecule has 44 heavy (non-hydrogen) atoms. The Labute approximate surface area is 253 Å². The highest BCUT2D eigenvalue weighted by Crippen LogP contribution is 2.32. The Morgan fingerprint density at radius 1 is 0.886 bits per heavy atom. The molecule has 0 bridgehead atoms. The van der Waals surface area contributed by atoms with Crippen molar-refractivity contribution in [2.24, 2.45) is 5.92 Å². The maximum absolute atomic E-state index is 14.2.